The fourth-order valence-corrected chi connectivity index (χ4v) is 2.69. The minimum Gasteiger partial charge on any atom is -0.399 e. The summed E-state index contributed by atoms with van der Waals surface area (Å²) in [7, 11) is 0. The molecule has 0 radical (unpaired) electrons. The topological polar surface area (TPSA) is 75.4 Å². The van der Waals surface area contributed by atoms with Gasteiger partial charge in [0.15, 0.2) is 0 Å². The lowest BCUT2D eigenvalue weighted by atomic mass is 9.82. The fourth-order valence-electron chi connectivity index (χ4n) is 2.69. The molecule has 4 heteroatoms. The summed E-state index contributed by atoms with van der Waals surface area (Å²) in [5.74, 6) is -0.164. The van der Waals surface area contributed by atoms with E-state index in [-0.39, 0.29) is 12.5 Å². The predicted molar refractivity (Wildman–Crippen MR) is 80.9 cm³/mol. The van der Waals surface area contributed by atoms with Crippen molar-refractivity contribution in [2.75, 3.05) is 12.3 Å². The molecule has 4 nitrogen and oxygen atoms in total. The molecule has 0 spiro atoms. The van der Waals surface area contributed by atoms with Crippen LogP contribution in [0.5, 0.6) is 0 Å². The van der Waals surface area contributed by atoms with E-state index in [0.717, 1.165) is 31.2 Å². The fraction of sp³-hybridized carbons (Fsp3) is 0.438. The van der Waals surface area contributed by atoms with Crippen LogP contribution in [0.3, 0.4) is 0 Å². The van der Waals surface area contributed by atoms with Gasteiger partial charge >= 0.3 is 0 Å². The molecule has 0 bridgehead atoms. The summed E-state index contributed by atoms with van der Waals surface area (Å²) in [5.41, 5.74) is 6.82. The Morgan fingerprint density at radius 2 is 2.10 bits per heavy atom. The highest BCUT2D eigenvalue weighted by atomic mass is 16.3. The first-order valence-corrected chi connectivity index (χ1v) is 7.10. The summed E-state index contributed by atoms with van der Waals surface area (Å²) >= 11 is 0. The Labute approximate surface area is 119 Å². The van der Waals surface area contributed by atoms with E-state index in [1.165, 1.54) is 12.5 Å². The van der Waals surface area contributed by atoms with Crippen molar-refractivity contribution >= 4 is 17.7 Å². The number of aliphatic hydroxyl groups is 1. The van der Waals surface area contributed by atoms with Gasteiger partial charge in [-0.2, -0.15) is 0 Å². The molecule has 1 fully saturated rings. The molecule has 0 aromatic heterocycles. The average molecular weight is 274 g/mol. The maximum Gasteiger partial charge on any atom is 0.244 e. The summed E-state index contributed by atoms with van der Waals surface area (Å²) in [6.45, 7) is 0.00483. The molecule has 1 aliphatic rings. The third-order valence-electron chi connectivity index (χ3n) is 3.84. The van der Waals surface area contributed by atoms with Gasteiger partial charge in [-0.3, -0.25) is 4.79 Å². The molecule has 0 aliphatic heterocycles. The molecule has 1 saturated carbocycles. The van der Waals surface area contributed by atoms with Gasteiger partial charge in [-0.1, -0.05) is 31.4 Å². The van der Waals surface area contributed by atoms with E-state index < -0.39 is 5.54 Å². The number of hydrogen-bond acceptors (Lipinski definition) is 3. The van der Waals surface area contributed by atoms with Crippen LogP contribution in [0.2, 0.25) is 0 Å². The molecule has 1 aromatic rings. The monoisotopic (exact) mass is 274 g/mol. The van der Waals surface area contributed by atoms with Gasteiger partial charge in [0.1, 0.15) is 0 Å². The quantitative estimate of drug-likeness (QED) is 0.581. The number of nitrogen functional groups attached to an aromatic ring is 1. The van der Waals surface area contributed by atoms with Crippen molar-refractivity contribution in [1.29, 1.82) is 0 Å². The first-order chi connectivity index (χ1) is 9.63. The number of rotatable bonds is 4. The van der Waals surface area contributed by atoms with Crippen LogP contribution in [0, 0.1) is 0 Å². The van der Waals surface area contributed by atoms with Crippen LogP contribution in [0.15, 0.2) is 30.3 Å². The zero-order valence-corrected chi connectivity index (χ0v) is 11.6. The maximum atomic E-state index is 12.0. The number of anilines is 1. The second kappa shape index (κ2) is 6.57. The average Bonchev–Trinajstić information content (AvgIpc) is 2.46. The lowest BCUT2D eigenvalue weighted by Gasteiger charge is -2.36. The van der Waals surface area contributed by atoms with Gasteiger partial charge < -0.3 is 16.2 Å². The molecule has 1 amide bonds. The largest absolute Gasteiger partial charge is 0.399 e. The van der Waals surface area contributed by atoms with E-state index in [2.05, 4.69) is 5.32 Å². The van der Waals surface area contributed by atoms with Crippen LogP contribution in [-0.4, -0.2) is 23.2 Å². The first kappa shape index (κ1) is 14.6. The number of nitrogens with two attached hydrogens (primary N) is 1. The van der Waals surface area contributed by atoms with Crippen molar-refractivity contribution in [3.05, 3.63) is 35.9 Å². The van der Waals surface area contributed by atoms with Crippen LogP contribution in [0.1, 0.15) is 37.7 Å². The minimum atomic E-state index is -0.435. The lowest BCUT2D eigenvalue weighted by Crippen LogP contribution is -2.52. The lowest BCUT2D eigenvalue weighted by molar-refractivity contribution is -0.119. The Morgan fingerprint density at radius 1 is 1.35 bits per heavy atom. The SMILES string of the molecule is Nc1cccc(/C=C/C(=O)NC2(CO)CCCCC2)c1. The van der Waals surface area contributed by atoms with Gasteiger partial charge in [0.05, 0.1) is 12.1 Å². The summed E-state index contributed by atoms with van der Waals surface area (Å²) < 4.78 is 0. The minimum absolute atomic E-state index is 0.00483. The van der Waals surface area contributed by atoms with Crippen molar-refractivity contribution in [2.45, 2.75) is 37.6 Å². The highest BCUT2D eigenvalue weighted by Gasteiger charge is 2.32. The number of nitrogens with one attached hydrogen (secondary N) is 1. The number of aliphatic hydroxyl groups excluding tert-OH is 1. The molecule has 2 rings (SSSR count). The molecule has 1 aromatic carbocycles. The van der Waals surface area contributed by atoms with Crippen molar-refractivity contribution in [3.8, 4) is 0 Å². The molecule has 0 atom stereocenters. The van der Waals surface area contributed by atoms with E-state index in [1.54, 1.807) is 12.1 Å². The first-order valence-electron chi connectivity index (χ1n) is 7.10. The zero-order valence-electron chi connectivity index (χ0n) is 11.6. The van der Waals surface area contributed by atoms with Crippen LogP contribution in [0.4, 0.5) is 5.69 Å². The van der Waals surface area contributed by atoms with Crippen molar-refractivity contribution in [3.63, 3.8) is 0 Å². The Morgan fingerprint density at radius 3 is 2.75 bits per heavy atom. The normalized spacial score (nSPS) is 18.1. The second-order valence-corrected chi connectivity index (χ2v) is 5.49. The molecular weight excluding hydrogens is 252 g/mol. The Balaban J connectivity index is 1.97. The van der Waals surface area contributed by atoms with Crippen LogP contribution < -0.4 is 11.1 Å². The van der Waals surface area contributed by atoms with Gasteiger partial charge in [0.25, 0.3) is 0 Å². The van der Waals surface area contributed by atoms with E-state index in [1.807, 2.05) is 18.2 Å². The summed E-state index contributed by atoms with van der Waals surface area (Å²) in [5, 5.41) is 12.5. The van der Waals surface area contributed by atoms with Crippen LogP contribution >= 0.6 is 0 Å². The van der Waals surface area contributed by atoms with Crippen LogP contribution in [0.25, 0.3) is 6.08 Å². The van der Waals surface area contributed by atoms with Crippen LogP contribution in [-0.2, 0) is 4.79 Å². The molecule has 20 heavy (non-hydrogen) atoms. The van der Waals surface area contributed by atoms with Crippen molar-refractivity contribution < 1.29 is 9.90 Å². The van der Waals surface area contributed by atoms with Gasteiger partial charge in [-0.15, -0.1) is 0 Å². The third-order valence-corrected chi connectivity index (χ3v) is 3.84. The molecule has 0 unspecified atom stereocenters. The summed E-state index contributed by atoms with van der Waals surface area (Å²) in [6.07, 6.45) is 8.22. The second-order valence-electron chi connectivity index (χ2n) is 5.49. The van der Waals surface area contributed by atoms with Gasteiger partial charge in [-0.05, 0) is 36.6 Å². The highest BCUT2D eigenvalue weighted by molar-refractivity contribution is 5.92. The van der Waals surface area contributed by atoms with E-state index >= 15 is 0 Å². The molecule has 0 heterocycles. The standard InChI is InChI=1S/C16H22N2O2/c17-14-6-4-5-13(11-14)7-8-15(20)18-16(12-19)9-2-1-3-10-16/h4-8,11,19H,1-3,9-10,12,17H2,(H,18,20)/b8-7+. The zero-order chi connectivity index (χ0) is 14.4. The van der Waals surface area contributed by atoms with E-state index in [9.17, 15) is 9.90 Å². The maximum absolute atomic E-state index is 12.0. The van der Waals surface area contributed by atoms with Gasteiger partial charge in [0, 0.05) is 11.8 Å². The highest BCUT2D eigenvalue weighted by Crippen LogP contribution is 2.27. The third kappa shape index (κ3) is 3.84. The number of carbonyl (C=O) groups is 1. The predicted octanol–water partition coefficient (Wildman–Crippen LogP) is 2.09. The smallest absolute Gasteiger partial charge is 0.244 e. The van der Waals surface area contributed by atoms with E-state index in [0.29, 0.717) is 5.69 Å². The van der Waals surface area contributed by atoms with Crippen molar-refractivity contribution in [1.82, 2.24) is 5.32 Å². The Bertz CT molecular complexity index is 491. The Hall–Kier alpha value is -1.81. The van der Waals surface area contributed by atoms with E-state index in [4.69, 9.17) is 5.73 Å². The van der Waals surface area contributed by atoms with Crippen molar-refractivity contribution in [2.24, 2.45) is 0 Å². The molecular formula is C16H22N2O2. The number of hydrogen-bond donors (Lipinski definition) is 3. The molecule has 0 saturated heterocycles. The Kier molecular flexibility index (Phi) is 4.79. The summed E-state index contributed by atoms with van der Waals surface area (Å²) in [4.78, 5) is 12.0. The molecule has 1 aliphatic carbocycles. The number of benzene rings is 1. The molecule has 108 valence electrons. The van der Waals surface area contributed by atoms with Gasteiger partial charge in [-0.25, -0.2) is 0 Å². The summed E-state index contributed by atoms with van der Waals surface area (Å²) in [6, 6.07) is 7.36. The number of carbonyl (C=O) groups excluding carboxylic acids is 1. The molecule has 4 N–H and O–H groups in total. The number of amides is 1. The van der Waals surface area contributed by atoms with Gasteiger partial charge in [0.2, 0.25) is 5.91 Å².